The van der Waals surface area contributed by atoms with Crippen molar-refractivity contribution >= 4 is 17.7 Å². The van der Waals surface area contributed by atoms with Crippen LogP contribution in [0.2, 0.25) is 0 Å². The van der Waals surface area contributed by atoms with Crippen molar-refractivity contribution in [3.8, 4) is 0 Å². The van der Waals surface area contributed by atoms with Gasteiger partial charge in [0.15, 0.2) is 11.6 Å². The molecule has 4 N–H and O–H groups in total. The van der Waals surface area contributed by atoms with Crippen molar-refractivity contribution in [2.45, 2.75) is 192 Å². The van der Waals surface area contributed by atoms with E-state index in [0.29, 0.717) is 63.5 Å². The predicted molar refractivity (Wildman–Crippen MR) is 248 cm³/mol. The highest BCUT2D eigenvalue weighted by Gasteiger charge is 2.46. The number of ether oxygens (including phenoxy) is 6. The molecule has 0 aromatic carbocycles. The second kappa shape index (κ2) is 26.0. The number of amides is 1. The highest BCUT2D eigenvalue weighted by molar-refractivity contribution is 5.86. The maximum atomic E-state index is 14.4. The number of piperidine rings is 1. The minimum atomic E-state index is -1.71. The van der Waals surface area contributed by atoms with Crippen LogP contribution in [-0.4, -0.2) is 128 Å². The zero-order chi connectivity index (χ0) is 47.1. The van der Waals surface area contributed by atoms with E-state index in [9.17, 15) is 24.6 Å². The summed E-state index contributed by atoms with van der Waals surface area (Å²) in [4.78, 5) is 43.9. The van der Waals surface area contributed by atoms with Gasteiger partial charge in [-0.1, -0.05) is 64.2 Å². The number of aliphatic hydroxyl groups excluding tert-OH is 1. The summed E-state index contributed by atoms with van der Waals surface area (Å²) >= 11 is 0. The lowest BCUT2D eigenvalue weighted by Gasteiger charge is -2.44. The van der Waals surface area contributed by atoms with E-state index in [2.05, 4.69) is 13.0 Å². The maximum absolute atomic E-state index is 14.4. The average molecular weight is 901 g/mol. The molecular formula is C51H84N2O11. The van der Waals surface area contributed by atoms with Gasteiger partial charge in [0.25, 0.3) is 0 Å². The first-order valence-electron chi connectivity index (χ1n) is 24.1. The Bertz CT molecular complexity index is 1610. The molecule has 0 aromatic heterocycles. The zero-order valence-electron chi connectivity index (χ0n) is 40.7. The Morgan fingerprint density at radius 3 is 2.23 bits per heavy atom. The Kier molecular flexibility index (Phi) is 21.9. The van der Waals surface area contributed by atoms with Crippen LogP contribution in [0.5, 0.6) is 0 Å². The summed E-state index contributed by atoms with van der Waals surface area (Å²) in [6.45, 7) is 12.1. The van der Waals surface area contributed by atoms with Gasteiger partial charge in [-0.15, -0.1) is 0 Å². The number of carbonyl (C=O) groups is 3. The zero-order valence-corrected chi connectivity index (χ0v) is 40.7. The fraction of sp³-hybridized carbons (Fsp3) is 0.784. The van der Waals surface area contributed by atoms with Gasteiger partial charge in [-0.3, -0.25) is 9.59 Å². The molecule has 13 heteroatoms. The molecule has 4 aliphatic rings. The largest absolute Gasteiger partial charge is 0.459 e. The number of carbonyl (C=O) groups excluding carboxylic acids is 3. The SMILES string of the molecule is CO[C@H]1C[C@@H]2CC[C@@H](C)[C@](O)(CC(=O)N3CCCC[C@H]3C(=O)O[C@H]([C@H](N)C[C@@H]3CC[C@@H](OC)[C@H](OC)C3)CC[C@H](C)/C=C(\C)[C@@H](O)[C@@H](OC)C(=O)[C@H](C)C[C@H](C)/C=C/C=CC=C1C)O2. The summed E-state index contributed by atoms with van der Waals surface area (Å²) in [6.07, 6.45) is 16.7. The highest BCUT2D eigenvalue weighted by atomic mass is 16.6. The number of allylic oxidation sites excluding steroid dienone is 6. The Labute approximate surface area is 384 Å². The van der Waals surface area contributed by atoms with E-state index >= 15 is 0 Å². The molecule has 3 aliphatic heterocycles. The summed E-state index contributed by atoms with van der Waals surface area (Å²) in [5.41, 5.74) is 8.63. The Morgan fingerprint density at radius 2 is 1.55 bits per heavy atom. The van der Waals surface area contributed by atoms with Crippen LogP contribution in [-0.2, 0) is 42.8 Å². The van der Waals surface area contributed by atoms with Crippen molar-refractivity contribution in [3.63, 3.8) is 0 Å². The number of methoxy groups -OCH3 is 4. The summed E-state index contributed by atoms with van der Waals surface area (Å²) < 4.78 is 35.8. The number of hydrogen-bond donors (Lipinski definition) is 3. The first-order chi connectivity index (χ1) is 30.4. The molecule has 3 heterocycles. The molecule has 0 unspecified atom stereocenters. The summed E-state index contributed by atoms with van der Waals surface area (Å²) in [5.74, 6) is -3.09. The number of nitrogens with zero attached hydrogens (tertiary/aromatic N) is 1. The standard InChI is InChI=1S/C51H84N2O11/c1-32-16-12-11-13-17-34(3)44(60-8)30-39-22-20-37(6)51(58,64-39)31-46(54)53-25-15-14-18-41(53)50(57)63-42(40(52)28-38-21-24-43(59-7)45(29-38)61-9)23-19-33(2)27-36(5)48(56)49(62-10)47(55)35(4)26-32/h11-13,16-17,27,32-33,35,37-45,48-49,56,58H,14-15,18-26,28-31,52H2,1-10H3/b13-11?,16-12+,34-17?,36-27+/t32-,33+,35-,37-,38+,39+,40-,41+,42+,43-,44+,45-,48-,49+,51+/m1/s1. The molecule has 1 amide bonds. The van der Waals surface area contributed by atoms with Gasteiger partial charge >= 0.3 is 5.97 Å². The second-order valence-electron chi connectivity index (χ2n) is 19.7. The molecule has 2 bridgehead atoms. The van der Waals surface area contributed by atoms with E-state index in [0.717, 1.165) is 37.7 Å². The van der Waals surface area contributed by atoms with Gasteiger partial charge in [-0.25, -0.2) is 4.79 Å². The molecular weight excluding hydrogens is 817 g/mol. The Morgan fingerprint density at radius 1 is 0.812 bits per heavy atom. The smallest absolute Gasteiger partial charge is 0.329 e. The van der Waals surface area contributed by atoms with Gasteiger partial charge < -0.3 is 49.3 Å². The van der Waals surface area contributed by atoms with Crippen LogP contribution in [0.3, 0.4) is 0 Å². The number of cyclic esters (lactones) is 1. The predicted octanol–water partition coefficient (Wildman–Crippen LogP) is 7.17. The van der Waals surface area contributed by atoms with Crippen LogP contribution in [0.25, 0.3) is 0 Å². The van der Waals surface area contributed by atoms with Crippen LogP contribution >= 0.6 is 0 Å². The van der Waals surface area contributed by atoms with E-state index in [1.54, 1.807) is 26.2 Å². The average Bonchev–Trinajstić information content (AvgIpc) is 3.27. The van der Waals surface area contributed by atoms with Gasteiger partial charge in [0.1, 0.15) is 24.4 Å². The lowest BCUT2D eigenvalue weighted by molar-refractivity contribution is -0.284. The van der Waals surface area contributed by atoms with Crippen molar-refractivity contribution in [2.75, 3.05) is 35.0 Å². The third-order valence-corrected chi connectivity index (χ3v) is 14.6. The molecule has 0 radical (unpaired) electrons. The van der Waals surface area contributed by atoms with Gasteiger partial charge in [0.2, 0.25) is 5.91 Å². The monoisotopic (exact) mass is 901 g/mol. The van der Waals surface area contributed by atoms with E-state index in [-0.39, 0.29) is 72.1 Å². The first-order valence-corrected chi connectivity index (χ1v) is 24.1. The minimum Gasteiger partial charge on any atom is -0.459 e. The van der Waals surface area contributed by atoms with Crippen LogP contribution in [0.4, 0.5) is 0 Å². The molecule has 3 fully saturated rings. The quantitative estimate of drug-likeness (QED) is 0.174. The summed E-state index contributed by atoms with van der Waals surface area (Å²) in [5, 5.41) is 23.5. The number of fused-ring (bicyclic) bond motifs is 3. The van der Waals surface area contributed by atoms with Gasteiger partial charge in [-0.2, -0.15) is 0 Å². The third kappa shape index (κ3) is 15.1. The number of rotatable bonds is 7. The van der Waals surface area contributed by atoms with Crippen LogP contribution in [0.15, 0.2) is 47.6 Å². The van der Waals surface area contributed by atoms with Crippen molar-refractivity contribution in [2.24, 2.45) is 35.3 Å². The Hall–Kier alpha value is -2.75. The molecule has 1 aliphatic carbocycles. The van der Waals surface area contributed by atoms with E-state index in [4.69, 9.17) is 34.2 Å². The number of ketones is 1. The van der Waals surface area contributed by atoms with Crippen molar-refractivity contribution in [1.82, 2.24) is 4.90 Å². The van der Waals surface area contributed by atoms with Crippen LogP contribution in [0, 0.1) is 29.6 Å². The lowest BCUT2D eigenvalue weighted by Crippen LogP contribution is -2.55. The van der Waals surface area contributed by atoms with Gasteiger partial charge in [0.05, 0.1) is 30.8 Å². The number of hydrogen-bond acceptors (Lipinski definition) is 12. The molecule has 0 aromatic rings. The van der Waals surface area contributed by atoms with E-state index < -0.39 is 42.2 Å². The number of nitrogens with two attached hydrogens (primary N) is 1. The van der Waals surface area contributed by atoms with Crippen molar-refractivity contribution < 1.29 is 53.0 Å². The van der Waals surface area contributed by atoms with Gasteiger partial charge in [-0.05, 0) is 120 Å². The highest BCUT2D eigenvalue weighted by Crippen LogP contribution is 2.38. The van der Waals surface area contributed by atoms with Gasteiger partial charge in [0, 0.05) is 59.3 Å². The Balaban J connectivity index is 1.64. The molecule has 13 nitrogen and oxygen atoms in total. The molecule has 0 spiro atoms. The topological polar surface area (TPSA) is 176 Å². The summed E-state index contributed by atoms with van der Waals surface area (Å²) in [6, 6.07) is -1.31. The molecule has 15 atom stereocenters. The maximum Gasteiger partial charge on any atom is 0.329 e. The molecule has 364 valence electrons. The number of Topliss-reactive ketones (excluding diaryl/α,β-unsaturated/α-hetero) is 1. The fourth-order valence-electron chi connectivity index (χ4n) is 10.4. The van der Waals surface area contributed by atoms with Crippen molar-refractivity contribution in [3.05, 3.63) is 47.6 Å². The number of aliphatic hydroxyl groups is 2. The number of esters is 1. The normalized spacial score (nSPS) is 39.5. The molecule has 4 rings (SSSR count). The third-order valence-electron chi connectivity index (χ3n) is 14.6. The first kappa shape index (κ1) is 53.9. The van der Waals surface area contributed by atoms with E-state index in [1.807, 2.05) is 65.0 Å². The van der Waals surface area contributed by atoms with Crippen LogP contribution < -0.4 is 5.73 Å². The summed E-state index contributed by atoms with van der Waals surface area (Å²) in [7, 11) is 6.52. The van der Waals surface area contributed by atoms with E-state index in [1.165, 1.54) is 7.11 Å². The van der Waals surface area contributed by atoms with Crippen LogP contribution in [0.1, 0.15) is 131 Å². The molecule has 1 saturated carbocycles. The second-order valence-corrected chi connectivity index (χ2v) is 19.7. The van der Waals surface area contributed by atoms with Crippen molar-refractivity contribution in [1.29, 1.82) is 0 Å². The lowest BCUT2D eigenvalue weighted by atomic mass is 9.80. The fourth-order valence-corrected chi connectivity index (χ4v) is 10.4. The molecule has 64 heavy (non-hydrogen) atoms. The minimum absolute atomic E-state index is 0.0146. The molecule has 2 saturated heterocycles.